The zero-order valence-electron chi connectivity index (χ0n) is 33.7. The van der Waals surface area contributed by atoms with E-state index in [-0.39, 0.29) is 10.6 Å². The smallest absolute Gasteiger partial charge is 0.339 e. The first kappa shape index (κ1) is 39.4. The Morgan fingerprint density at radius 3 is 1.95 bits per heavy atom. The van der Waals surface area contributed by atoms with E-state index in [1.165, 1.54) is 51.0 Å². The first-order valence-corrected chi connectivity index (χ1v) is 20.4. The zero-order valence-corrected chi connectivity index (χ0v) is 34.6. The van der Waals surface area contributed by atoms with Gasteiger partial charge in [0.2, 0.25) is 11.4 Å². The highest BCUT2D eigenvalue weighted by Crippen LogP contribution is 2.48. The van der Waals surface area contributed by atoms with Gasteiger partial charge < -0.3 is 10.2 Å². The first-order valence-electron chi connectivity index (χ1n) is 19.5. The standard InChI is InChI=1S/C50H46N5O2S/c1-7-53(47-33(3)16-14-17-34(47)4)40-28-24-38(25-29-40)45(39-26-30-41(31-27-39)54(8-2)48-35(5)18-15-19-36(48)6)49-46(37-20-10-9-11-21-37)42(32-51)50(58-49)52-43-22-12-13-23-44(43)55(56)57/h9-31H,7-8H2,1-6H3,(H,56,57)/q+1/p+1. The average molecular weight is 782 g/mol. The molecule has 0 atom stereocenters. The van der Waals surface area contributed by atoms with Crippen LogP contribution in [-0.4, -0.2) is 33.5 Å². The van der Waals surface area contributed by atoms with Crippen LogP contribution < -0.4 is 10.2 Å². The summed E-state index contributed by atoms with van der Waals surface area (Å²) >= 11 is 1.46. The topological polar surface area (TPSA) is 82.4 Å². The van der Waals surface area contributed by atoms with Gasteiger partial charge in [-0.3, -0.25) is 0 Å². The van der Waals surface area contributed by atoms with E-state index in [0.717, 1.165) is 57.2 Å². The molecule has 0 radical (unpaired) electrons. The SMILES string of the molecule is CCN(c1ccc(C(=C2C=CC(=[N+](CC)c3c(C)cccc3C)C=C2)c2sc(Nc3ccccc3[N+](=O)O)c(C#N)c2-c2ccccc2)cc1)c1c(C)cccc1C. The van der Waals surface area contributed by atoms with Crippen LogP contribution in [-0.2, 0) is 0 Å². The third kappa shape index (κ3) is 7.65. The van der Waals surface area contributed by atoms with Gasteiger partial charge in [0.05, 0.1) is 10.5 Å². The average Bonchev–Trinajstić information content (AvgIpc) is 3.59. The molecule has 5 aromatic carbocycles. The van der Waals surface area contributed by atoms with E-state index in [9.17, 15) is 15.4 Å². The Morgan fingerprint density at radius 2 is 1.36 bits per heavy atom. The number of aryl methyl sites for hydroxylation is 4. The summed E-state index contributed by atoms with van der Waals surface area (Å²) in [6, 6.07) is 40.7. The molecule has 1 heterocycles. The molecule has 58 heavy (non-hydrogen) atoms. The third-order valence-corrected chi connectivity index (χ3v) is 11.8. The van der Waals surface area contributed by atoms with Gasteiger partial charge in [-0.25, -0.2) is 5.21 Å². The number of nitriles is 1. The number of anilines is 4. The van der Waals surface area contributed by atoms with Crippen LogP contribution in [0.1, 0.15) is 52.1 Å². The second-order valence-electron chi connectivity index (χ2n) is 14.3. The van der Waals surface area contributed by atoms with E-state index < -0.39 is 0 Å². The van der Waals surface area contributed by atoms with Crippen LogP contribution >= 0.6 is 11.3 Å². The van der Waals surface area contributed by atoms with Gasteiger partial charge in [0.15, 0.2) is 0 Å². The minimum absolute atomic E-state index is 0.0479. The van der Waals surface area contributed by atoms with Crippen LogP contribution in [0.4, 0.5) is 33.4 Å². The fourth-order valence-electron chi connectivity index (χ4n) is 8.00. The summed E-state index contributed by atoms with van der Waals surface area (Å²) in [5.74, 6) is 0. The van der Waals surface area contributed by atoms with Crippen molar-refractivity contribution in [3.63, 3.8) is 0 Å². The van der Waals surface area contributed by atoms with Crippen molar-refractivity contribution in [1.29, 1.82) is 5.26 Å². The second-order valence-corrected chi connectivity index (χ2v) is 15.4. The van der Waals surface area contributed by atoms with Gasteiger partial charge in [-0.15, -0.1) is 11.3 Å². The number of nitrogens with zero attached hydrogens (tertiary/aromatic N) is 4. The maximum absolute atomic E-state index is 12.2. The lowest BCUT2D eigenvalue weighted by Gasteiger charge is -2.27. The molecule has 0 fully saturated rings. The van der Waals surface area contributed by atoms with Crippen LogP contribution in [0, 0.1) is 43.9 Å². The molecule has 0 saturated heterocycles. The highest BCUT2D eigenvalue weighted by molar-refractivity contribution is 7.18. The molecule has 7 nitrogen and oxygen atoms in total. The number of hydrogen-bond acceptors (Lipinski definition) is 5. The molecule has 0 unspecified atom stereocenters. The highest BCUT2D eigenvalue weighted by atomic mass is 32.1. The Bertz CT molecular complexity index is 2640. The molecule has 0 spiro atoms. The molecule has 1 aliphatic rings. The summed E-state index contributed by atoms with van der Waals surface area (Å²) in [4.78, 5) is 15.3. The van der Waals surface area contributed by atoms with E-state index in [1.54, 1.807) is 18.2 Å². The van der Waals surface area contributed by atoms with E-state index in [4.69, 9.17) is 0 Å². The molecule has 0 saturated carbocycles. The van der Waals surface area contributed by atoms with Gasteiger partial charge in [-0.1, -0.05) is 91.0 Å². The predicted octanol–water partition coefficient (Wildman–Crippen LogP) is 13.0. The number of benzene rings is 5. The predicted molar refractivity (Wildman–Crippen MR) is 240 cm³/mol. The van der Waals surface area contributed by atoms with Crippen molar-refractivity contribution in [2.45, 2.75) is 41.5 Å². The molecule has 7 rings (SSSR count). The van der Waals surface area contributed by atoms with Crippen molar-refractivity contribution in [3.05, 3.63) is 188 Å². The Morgan fingerprint density at radius 1 is 0.759 bits per heavy atom. The van der Waals surface area contributed by atoms with E-state index in [0.29, 0.717) is 16.3 Å². The maximum Gasteiger partial charge on any atom is 0.339 e. The minimum atomic E-state index is -0.155. The van der Waals surface area contributed by atoms with Gasteiger partial charge in [0, 0.05) is 63.3 Å². The van der Waals surface area contributed by atoms with Crippen molar-refractivity contribution in [2.75, 3.05) is 23.3 Å². The van der Waals surface area contributed by atoms with Crippen molar-refractivity contribution >= 4 is 56.1 Å². The summed E-state index contributed by atoms with van der Waals surface area (Å²) in [5.41, 5.74) is 15.0. The van der Waals surface area contributed by atoms with E-state index in [1.807, 2.05) is 30.3 Å². The van der Waals surface area contributed by atoms with Gasteiger partial charge in [-0.2, -0.15) is 9.84 Å². The fraction of sp³-hybridized carbons (Fsp3) is 0.160. The summed E-state index contributed by atoms with van der Waals surface area (Å²) in [6.45, 7) is 14.6. The molecule has 2 N–H and O–H groups in total. The van der Waals surface area contributed by atoms with Crippen LogP contribution in [0.25, 0.3) is 16.7 Å². The molecular formula is C50H47N5O2S+2. The van der Waals surface area contributed by atoms with Crippen LogP contribution in [0.5, 0.6) is 0 Å². The van der Waals surface area contributed by atoms with Gasteiger partial charge in [0.25, 0.3) is 4.92 Å². The van der Waals surface area contributed by atoms with Crippen molar-refractivity contribution in [1.82, 2.24) is 0 Å². The molecule has 0 bridgehead atoms. The number of rotatable bonds is 11. The second kappa shape index (κ2) is 17.1. The molecule has 0 aliphatic heterocycles. The molecule has 1 aliphatic carbocycles. The highest BCUT2D eigenvalue weighted by Gasteiger charge is 2.28. The molecular weight excluding hydrogens is 735 g/mol. The molecule has 6 aromatic rings. The lowest BCUT2D eigenvalue weighted by atomic mass is 9.90. The molecule has 288 valence electrons. The molecule has 8 heteroatoms. The van der Waals surface area contributed by atoms with Gasteiger partial charge in [-0.05, 0) is 99.7 Å². The maximum atomic E-state index is 12.2. The fourth-order valence-corrected chi connectivity index (χ4v) is 9.27. The van der Waals surface area contributed by atoms with Crippen LogP contribution in [0.2, 0.25) is 0 Å². The van der Waals surface area contributed by atoms with Gasteiger partial charge >= 0.3 is 5.69 Å². The largest absolute Gasteiger partial charge is 0.341 e. The lowest BCUT2D eigenvalue weighted by Crippen LogP contribution is -2.18. The number of nitrogens with one attached hydrogen (secondary N) is 1. The van der Waals surface area contributed by atoms with Crippen molar-refractivity contribution < 1.29 is 14.7 Å². The molecule has 0 amide bonds. The number of hydrogen-bond donors (Lipinski definition) is 2. The van der Waals surface area contributed by atoms with Crippen LogP contribution in [0.3, 0.4) is 0 Å². The summed E-state index contributed by atoms with van der Waals surface area (Å²) in [5, 5.41) is 24.8. The Hall–Kier alpha value is -6.82. The Labute approximate surface area is 345 Å². The monoisotopic (exact) mass is 781 g/mol. The quantitative estimate of drug-likeness (QED) is 0.101. The first-order chi connectivity index (χ1) is 28.1. The number of para-hydroxylation sites is 4. The third-order valence-electron chi connectivity index (χ3n) is 10.7. The van der Waals surface area contributed by atoms with Crippen molar-refractivity contribution in [3.8, 4) is 17.2 Å². The summed E-state index contributed by atoms with van der Waals surface area (Å²) in [6.07, 6.45) is 8.71. The molecule has 1 aromatic heterocycles. The van der Waals surface area contributed by atoms with Crippen molar-refractivity contribution in [2.24, 2.45) is 0 Å². The Kier molecular flexibility index (Phi) is 11.6. The summed E-state index contributed by atoms with van der Waals surface area (Å²) < 4.78 is 2.35. The minimum Gasteiger partial charge on any atom is -0.341 e. The van der Waals surface area contributed by atoms with E-state index in [2.05, 4.69) is 147 Å². The summed E-state index contributed by atoms with van der Waals surface area (Å²) in [7, 11) is 0. The van der Waals surface area contributed by atoms with Gasteiger partial charge in [0.1, 0.15) is 23.3 Å². The number of thiophene rings is 1. The Balaban J connectivity index is 1.46. The number of allylic oxidation sites excluding steroid dienone is 5. The van der Waals surface area contributed by atoms with E-state index >= 15 is 0 Å². The van der Waals surface area contributed by atoms with Crippen LogP contribution in [0.15, 0.2) is 145 Å². The lowest BCUT2D eigenvalue weighted by molar-refractivity contribution is -0.729. The zero-order chi connectivity index (χ0) is 40.9. The normalized spacial score (nSPS) is 12.0.